The van der Waals surface area contributed by atoms with Gasteiger partial charge in [0.2, 0.25) is 0 Å². The minimum Gasteiger partial charge on any atom is -0.494 e. The summed E-state index contributed by atoms with van der Waals surface area (Å²) in [6.45, 7) is 2.95. The van der Waals surface area contributed by atoms with Crippen molar-refractivity contribution in [3.63, 3.8) is 0 Å². The lowest BCUT2D eigenvalue weighted by Gasteiger charge is -2.09. The van der Waals surface area contributed by atoms with Gasteiger partial charge in [0.15, 0.2) is 0 Å². The Hall–Kier alpha value is -0.630. The van der Waals surface area contributed by atoms with Crippen LogP contribution in [0.15, 0.2) is 24.3 Å². The fraction of sp³-hybridized carbons (Fsp3) is 0.600. The van der Waals surface area contributed by atoms with Gasteiger partial charge >= 0.3 is 0 Å². The van der Waals surface area contributed by atoms with Gasteiger partial charge in [0, 0.05) is 5.25 Å². The molecule has 1 aromatic carbocycles. The Morgan fingerprint density at radius 2 is 2.12 bits per heavy atom. The van der Waals surface area contributed by atoms with Crippen molar-refractivity contribution in [2.24, 2.45) is 0 Å². The highest BCUT2D eigenvalue weighted by Gasteiger charge is 2.14. The maximum absolute atomic E-state index is 5.74. The SMILES string of the molecule is Cc1cccc(OCCCSC2CCCC2)c1. The van der Waals surface area contributed by atoms with E-state index in [1.54, 1.807) is 0 Å². The molecule has 0 amide bonds. The lowest BCUT2D eigenvalue weighted by atomic mass is 10.2. The molecule has 1 nitrogen and oxygen atoms in total. The van der Waals surface area contributed by atoms with E-state index in [1.165, 1.54) is 37.0 Å². The topological polar surface area (TPSA) is 9.23 Å². The molecule has 0 radical (unpaired) electrons. The predicted octanol–water partition coefficient (Wildman–Crippen LogP) is 4.44. The van der Waals surface area contributed by atoms with Crippen LogP contribution < -0.4 is 4.74 Å². The van der Waals surface area contributed by atoms with Crippen molar-refractivity contribution in [1.82, 2.24) is 0 Å². The van der Waals surface area contributed by atoms with Crippen LogP contribution in [-0.2, 0) is 0 Å². The van der Waals surface area contributed by atoms with Crippen LogP contribution in [0.3, 0.4) is 0 Å². The molecule has 17 heavy (non-hydrogen) atoms. The number of hydrogen-bond donors (Lipinski definition) is 0. The third-order valence-corrected chi connectivity index (χ3v) is 4.67. The lowest BCUT2D eigenvalue weighted by molar-refractivity contribution is 0.318. The van der Waals surface area contributed by atoms with Gasteiger partial charge in [-0.1, -0.05) is 25.0 Å². The van der Waals surface area contributed by atoms with Crippen LogP contribution in [0, 0.1) is 6.92 Å². The third kappa shape index (κ3) is 4.63. The highest BCUT2D eigenvalue weighted by molar-refractivity contribution is 7.99. The second-order valence-corrected chi connectivity index (χ2v) is 6.20. The molecule has 0 aromatic heterocycles. The Labute approximate surface area is 109 Å². The normalized spacial score (nSPS) is 16.3. The molecule has 0 atom stereocenters. The summed E-state index contributed by atoms with van der Waals surface area (Å²) in [6.07, 6.45) is 6.91. The summed E-state index contributed by atoms with van der Waals surface area (Å²) in [5, 5.41) is 0.939. The summed E-state index contributed by atoms with van der Waals surface area (Å²) in [7, 11) is 0. The first kappa shape index (κ1) is 12.8. The summed E-state index contributed by atoms with van der Waals surface area (Å²) in [5.74, 6) is 2.26. The number of benzene rings is 1. The Kier molecular flexibility index (Phi) is 5.24. The molecule has 1 aliphatic carbocycles. The zero-order valence-corrected chi connectivity index (χ0v) is 11.5. The molecule has 1 aromatic rings. The number of ether oxygens (including phenoxy) is 1. The zero-order valence-electron chi connectivity index (χ0n) is 10.7. The number of aryl methyl sites for hydroxylation is 1. The van der Waals surface area contributed by atoms with Crippen LogP contribution in [-0.4, -0.2) is 17.6 Å². The maximum atomic E-state index is 5.74. The molecule has 0 N–H and O–H groups in total. The minimum absolute atomic E-state index is 0.850. The van der Waals surface area contributed by atoms with Crippen molar-refractivity contribution in [2.45, 2.75) is 44.3 Å². The van der Waals surface area contributed by atoms with Crippen molar-refractivity contribution in [3.05, 3.63) is 29.8 Å². The van der Waals surface area contributed by atoms with Gasteiger partial charge in [-0.05, 0) is 49.6 Å². The first-order valence-corrected chi connectivity index (χ1v) is 7.70. The van der Waals surface area contributed by atoms with Gasteiger partial charge in [0.1, 0.15) is 5.75 Å². The Balaban J connectivity index is 1.56. The first-order chi connectivity index (χ1) is 8.34. The van der Waals surface area contributed by atoms with Crippen LogP contribution >= 0.6 is 11.8 Å². The standard InChI is InChI=1S/C15H22OS/c1-13-6-4-7-14(12-13)16-10-5-11-17-15-8-2-3-9-15/h4,6-7,12,15H,2-3,5,8-11H2,1H3. The largest absolute Gasteiger partial charge is 0.494 e. The summed E-state index contributed by atoms with van der Waals surface area (Å²) in [4.78, 5) is 0. The molecule has 0 saturated heterocycles. The van der Waals surface area contributed by atoms with Gasteiger partial charge in [-0.15, -0.1) is 0 Å². The second kappa shape index (κ2) is 6.95. The van der Waals surface area contributed by atoms with E-state index in [0.717, 1.165) is 24.0 Å². The Bertz CT molecular complexity index is 331. The summed E-state index contributed by atoms with van der Waals surface area (Å²) in [5.41, 5.74) is 1.27. The van der Waals surface area contributed by atoms with E-state index < -0.39 is 0 Å². The van der Waals surface area contributed by atoms with Crippen LogP contribution in [0.4, 0.5) is 0 Å². The smallest absolute Gasteiger partial charge is 0.119 e. The highest BCUT2D eigenvalue weighted by atomic mass is 32.2. The second-order valence-electron chi connectivity index (χ2n) is 4.80. The zero-order chi connectivity index (χ0) is 11.9. The van der Waals surface area contributed by atoms with Gasteiger partial charge in [-0.3, -0.25) is 0 Å². The molecule has 2 heteroatoms. The first-order valence-electron chi connectivity index (χ1n) is 6.66. The van der Waals surface area contributed by atoms with Crippen molar-refractivity contribution in [2.75, 3.05) is 12.4 Å². The molecule has 2 rings (SSSR count). The molecule has 1 aliphatic rings. The van der Waals surface area contributed by atoms with E-state index >= 15 is 0 Å². The fourth-order valence-electron chi connectivity index (χ4n) is 2.26. The molecular formula is C15H22OS. The van der Waals surface area contributed by atoms with Crippen molar-refractivity contribution >= 4 is 11.8 Å². The molecule has 94 valence electrons. The number of thioether (sulfide) groups is 1. The van der Waals surface area contributed by atoms with Gasteiger partial charge in [-0.2, -0.15) is 11.8 Å². The van der Waals surface area contributed by atoms with Crippen LogP contribution in [0.1, 0.15) is 37.7 Å². The van der Waals surface area contributed by atoms with Crippen molar-refractivity contribution < 1.29 is 4.74 Å². The average molecular weight is 250 g/mol. The molecule has 0 heterocycles. The third-order valence-electron chi connectivity index (χ3n) is 3.20. The van der Waals surface area contributed by atoms with E-state index in [-0.39, 0.29) is 0 Å². The van der Waals surface area contributed by atoms with Crippen molar-refractivity contribution in [1.29, 1.82) is 0 Å². The molecular weight excluding hydrogens is 228 g/mol. The highest BCUT2D eigenvalue weighted by Crippen LogP contribution is 2.29. The summed E-state index contributed by atoms with van der Waals surface area (Å²) >= 11 is 2.14. The number of hydrogen-bond acceptors (Lipinski definition) is 2. The average Bonchev–Trinajstić information content (AvgIpc) is 2.82. The van der Waals surface area contributed by atoms with E-state index in [2.05, 4.69) is 36.9 Å². The maximum Gasteiger partial charge on any atom is 0.119 e. The molecule has 1 fully saturated rings. The number of rotatable bonds is 6. The fourth-order valence-corrected chi connectivity index (χ4v) is 3.54. The van der Waals surface area contributed by atoms with E-state index in [0.29, 0.717) is 0 Å². The molecule has 1 saturated carbocycles. The predicted molar refractivity (Wildman–Crippen MR) is 76.0 cm³/mol. The molecule has 0 unspecified atom stereocenters. The minimum atomic E-state index is 0.850. The molecule has 0 aliphatic heterocycles. The van der Waals surface area contributed by atoms with Crippen LogP contribution in [0.25, 0.3) is 0 Å². The van der Waals surface area contributed by atoms with Gasteiger partial charge in [-0.25, -0.2) is 0 Å². The molecule has 0 bridgehead atoms. The lowest BCUT2D eigenvalue weighted by Crippen LogP contribution is -2.01. The van der Waals surface area contributed by atoms with Crippen LogP contribution in [0.5, 0.6) is 5.75 Å². The Morgan fingerprint density at radius 1 is 1.29 bits per heavy atom. The monoisotopic (exact) mass is 250 g/mol. The molecule has 0 spiro atoms. The summed E-state index contributed by atoms with van der Waals surface area (Å²) < 4.78 is 5.74. The van der Waals surface area contributed by atoms with Gasteiger partial charge in [0.25, 0.3) is 0 Å². The summed E-state index contributed by atoms with van der Waals surface area (Å²) in [6, 6.07) is 8.29. The van der Waals surface area contributed by atoms with Crippen LogP contribution in [0.2, 0.25) is 0 Å². The van der Waals surface area contributed by atoms with E-state index in [1.807, 2.05) is 6.07 Å². The van der Waals surface area contributed by atoms with E-state index in [9.17, 15) is 0 Å². The van der Waals surface area contributed by atoms with Crippen molar-refractivity contribution in [3.8, 4) is 5.75 Å². The quantitative estimate of drug-likeness (QED) is 0.690. The van der Waals surface area contributed by atoms with Gasteiger partial charge in [0.05, 0.1) is 6.61 Å². The van der Waals surface area contributed by atoms with E-state index in [4.69, 9.17) is 4.74 Å². The Morgan fingerprint density at radius 3 is 2.88 bits per heavy atom. The van der Waals surface area contributed by atoms with Gasteiger partial charge < -0.3 is 4.74 Å².